The van der Waals surface area contributed by atoms with Crippen molar-refractivity contribution in [2.24, 2.45) is 0 Å². The highest BCUT2D eigenvalue weighted by molar-refractivity contribution is 5.14. The lowest BCUT2D eigenvalue weighted by molar-refractivity contribution is 0.333. The Morgan fingerprint density at radius 3 is 2.56 bits per heavy atom. The summed E-state index contributed by atoms with van der Waals surface area (Å²) in [5, 5.41) is 8.12. The molecule has 0 aromatic carbocycles. The predicted octanol–water partition coefficient (Wildman–Crippen LogP) is 1.24. The fourth-order valence-electron chi connectivity index (χ4n) is 0.695. The third-order valence-corrected chi connectivity index (χ3v) is 1.40. The van der Waals surface area contributed by atoms with Crippen LogP contribution in [0.15, 0.2) is 12.2 Å². The second kappa shape index (κ2) is 1.85. The number of rotatable bonds is 1. The highest BCUT2D eigenvalue weighted by atomic mass is 16.6. The van der Waals surface area contributed by atoms with Gasteiger partial charge < -0.3 is 4.74 Å². The van der Waals surface area contributed by atoms with Gasteiger partial charge in [0.05, 0.1) is 11.7 Å². The molecule has 0 aliphatic carbocycles. The molecule has 0 aromatic heterocycles. The summed E-state index contributed by atoms with van der Waals surface area (Å²) in [6.07, 6.45) is 3.40. The average Bonchev–Trinajstić information content (AvgIpc) is 2.35. The minimum Gasteiger partial charge on any atom is -0.362 e. The van der Waals surface area contributed by atoms with Crippen molar-refractivity contribution in [3.63, 3.8) is 0 Å². The molecule has 0 spiro atoms. The van der Waals surface area contributed by atoms with E-state index in [1.165, 1.54) is 6.08 Å². The zero-order valence-corrected chi connectivity index (χ0v) is 5.59. The highest BCUT2D eigenvalue weighted by Gasteiger charge is 2.45. The van der Waals surface area contributed by atoms with Crippen molar-refractivity contribution < 1.29 is 4.74 Å². The minimum absolute atomic E-state index is 0.0205. The van der Waals surface area contributed by atoms with Crippen molar-refractivity contribution in [1.82, 2.24) is 0 Å². The second-order valence-electron chi connectivity index (χ2n) is 2.63. The van der Waals surface area contributed by atoms with Crippen LogP contribution in [0.5, 0.6) is 0 Å². The van der Waals surface area contributed by atoms with E-state index in [0.29, 0.717) is 0 Å². The predicted molar refractivity (Wildman–Crippen MR) is 33.7 cm³/mol. The summed E-state index contributed by atoms with van der Waals surface area (Å²) in [5.74, 6) is 0. The fraction of sp³-hybridized carbons (Fsp3) is 0.571. The van der Waals surface area contributed by atoms with Crippen LogP contribution in [-0.4, -0.2) is 11.7 Å². The lowest BCUT2D eigenvalue weighted by Gasteiger charge is -1.86. The van der Waals surface area contributed by atoms with Crippen LogP contribution in [0.4, 0.5) is 0 Å². The first kappa shape index (κ1) is 6.31. The Bertz CT molecular complexity index is 176. The minimum atomic E-state index is -0.0205. The molecule has 1 atom stereocenters. The Balaban J connectivity index is 2.38. The standard InChI is InChI=1S/C7H9NO/c1-7(2)6(9-7)4-3-5-8/h3-4,6H,1-2H3/b4-3+. The molecular weight excluding hydrogens is 114 g/mol. The van der Waals surface area contributed by atoms with Crippen molar-refractivity contribution in [3.05, 3.63) is 12.2 Å². The van der Waals surface area contributed by atoms with Gasteiger partial charge in [-0.1, -0.05) is 0 Å². The lowest BCUT2D eigenvalue weighted by atomic mass is 10.1. The molecule has 0 amide bonds. The van der Waals surface area contributed by atoms with Gasteiger partial charge in [0.2, 0.25) is 0 Å². The molecule has 2 nitrogen and oxygen atoms in total. The summed E-state index contributed by atoms with van der Waals surface area (Å²) in [5.41, 5.74) is -0.0205. The van der Waals surface area contributed by atoms with E-state index in [2.05, 4.69) is 0 Å². The highest BCUT2D eigenvalue weighted by Crippen LogP contribution is 2.35. The Morgan fingerprint density at radius 2 is 2.22 bits per heavy atom. The zero-order chi connectivity index (χ0) is 6.91. The molecule has 0 radical (unpaired) electrons. The van der Waals surface area contributed by atoms with Crippen LogP contribution >= 0.6 is 0 Å². The number of epoxide rings is 1. The van der Waals surface area contributed by atoms with Crippen LogP contribution in [0.3, 0.4) is 0 Å². The molecule has 0 bridgehead atoms. The van der Waals surface area contributed by atoms with Gasteiger partial charge in [0.1, 0.15) is 6.10 Å². The number of hydrogen-bond donors (Lipinski definition) is 0. The molecule has 48 valence electrons. The van der Waals surface area contributed by atoms with E-state index >= 15 is 0 Å². The molecule has 1 rings (SSSR count). The quantitative estimate of drug-likeness (QED) is 0.388. The van der Waals surface area contributed by atoms with Crippen LogP contribution in [0.1, 0.15) is 13.8 Å². The van der Waals surface area contributed by atoms with Crippen molar-refractivity contribution in [2.75, 3.05) is 0 Å². The van der Waals surface area contributed by atoms with Crippen molar-refractivity contribution >= 4 is 0 Å². The van der Waals surface area contributed by atoms with E-state index in [-0.39, 0.29) is 11.7 Å². The molecule has 1 aliphatic rings. The first-order valence-corrected chi connectivity index (χ1v) is 2.91. The van der Waals surface area contributed by atoms with Gasteiger partial charge in [-0.15, -0.1) is 0 Å². The van der Waals surface area contributed by atoms with E-state index in [4.69, 9.17) is 10.00 Å². The third kappa shape index (κ3) is 1.30. The number of allylic oxidation sites excluding steroid dienone is 1. The molecule has 1 aliphatic heterocycles. The van der Waals surface area contributed by atoms with Crippen LogP contribution in [-0.2, 0) is 4.74 Å². The largest absolute Gasteiger partial charge is 0.362 e. The lowest BCUT2D eigenvalue weighted by Crippen LogP contribution is -1.99. The smallest absolute Gasteiger partial charge is 0.106 e. The summed E-state index contributed by atoms with van der Waals surface area (Å²) in [6, 6.07) is 1.92. The van der Waals surface area contributed by atoms with Crippen LogP contribution in [0, 0.1) is 11.3 Å². The molecule has 1 heterocycles. The van der Waals surface area contributed by atoms with E-state index in [1.54, 1.807) is 6.08 Å². The number of hydrogen-bond acceptors (Lipinski definition) is 2. The van der Waals surface area contributed by atoms with E-state index in [0.717, 1.165) is 0 Å². The monoisotopic (exact) mass is 123 g/mol. The van der Waals surface area contributed by atoms with Crippen molar-refractivity contribution in [1.29, 1.82) is 5.26 Å². The molecule has 0 N–H and O–H groups in total. The van der Waals surface area contributed by atoms with E-state index in [9.17, 15) is 0 Å². The van der Waals surface area contributed by atoms with Gasteiger partial charge >= 0.3 is 0 Å². The topological polar surface area (TPSA) is 36.3 Å². The third-order valence-electron chi connectivity index (χ3n) is 1.40. The van der Waals surface area contributed by atoms with Gasteiger partial charge in [-0.2, -0.15) is 5.26 Å². The van der Waals surface area contributed by atoms with Crippen LogP contribution < -0.4 is 0 Å². The Morgan fingerprint density at radius 1 is 1.67 bits per heavy atom. The fourth-order valence-corrected chi connectivity index (χ4v) is 0.695. The first-order valence-electron chi connectivity index (χ1n) is 2.91. The van der Waals surface area contributed by atoms with E-state index < -0.39 is 0 Å². The van der Waals surface area contributed by atoms with Gasteiger partial charge in [0.25, 0.3) is 0 Å². The van der Waals surface area contributed by atoms with Crippen molar-refractivity contribution in [2.45, 2.75) is 25.6 Å². The molecule has 1 saturated heterocycles. The van der Waals surface area contributed by atoms with Crippen molar-refractivity contribution in [3.8, 4) is 6.07 Å². The SMILES string of the molecule is CC1(C)OC1/C=C/C#N. The molecular formula is C7H9NO. The summed E-state index contributed by atoms with van der Waals surface area (Å²) in [7, 11) is 0. The molecule has 1 unspecified atom stereocenters. The summed E-state index contributed by atoms with van der Waals surface area (Å²) < 4.78 is 5.17. The van der Waals surface area contributed by atoms with Crippen LogP contribution in [0.2, 0.25) is 0 Å². The normalized spacial score (nSPS) is 30.1. The van der Waals surface area contributed by atoms with Gasteiger partial charge in [-0.25, -0.2) is 0 Å². The van der Waals surface area contributed by atoms with Gasteiger partial charge in [-0.3, -0.25) is 0 Å². The van der Waals surface area contributed by atoms with E-state index in [1.807, 2.05) is 19.9 Å². The Hall–Kier alpha value is -0.810. The molecule has 1 fully saturated rings. The molecule has 9 heavy (non-hydrogen) atoms. The maximum absolute atomic E-state index is 8.12. The maximum Gasteiger partial charge on any atom is 0.106 e. The molecule has 0 aromatic rings. The van der Waals surface area contributed by atoms with Gasteiger partial charge in [0.15, 0.2) is 0 Å². The summed E-state index contributed by atoms with van der Waals surface area (Å²) in [6.45, 7) is 4.00. The maximum atomic E-state index is 8.12. The summed E-state index contributed by atoms with van der Waals surface area (Å²) >= 11 is 0. The number of nitrogens with zero attached hydrogens (tertiary/aromatic N) is 1. The van der Waals surface area contributed by atoms with Gasteiger partial charge in [0, 0.05) is 6.08 Å². The number of nitriles is 1. The summed E-state index contributed by atoms with van der Waals surface area (Å²) in [4.78, 5) is 0. The average molecular weight is 123 g/mol. The first-order chi connectivity index (χ1) is 4.17. The number of ether oxygens (including phenoxy) is 1. The van der Waals surface area contributed by atoms with Gasteiger partial charge in [-0.05, 0) is 19.9 Å². The van der Waals surface area contributed by atoms with Crippen LogP contribution in [0.25, 0.3) is 0 Å². The Labute approximate surface area is 54.7 Å². The second-order valence-corrected chi connectivity index (χ2v) is 2.63. The molecule has 0 saturated carbocycles. The molecule has 2 heteroatoms. The zero-order valence-electron chi connectivity index (χ0n) is 5.59. The Kier molecular flexibility index (Phi) is 1.30.